The molecule has 0 N–H and O–H groups in total. The third-order valence-corrected chi connectivity index (χ3v) is 5.59. The quantitative estimate of drug-likeness (QED) is 0.283. The molecule has 2 aromatic carbocycles. The molecule has 0 saturated carbocycles. The molecule has 2 heterocycles. The Morgan fingerprint density at radius 1 is 1.00 bits per heavy atom. The number of carbonyl (C=O) groups is 2. The highest BCUT2D eigenvalue weighted by Crippen LogP contribution is 2.32. The van der Waals surface area contributed by atoms with Gasteiger partial charge in [-0.05, 0) is 42.5 Å². The van der Waals surface area contributed by atoms with Gasteiger partial charge in [-0.15, -0.1) is 11.3 Å². The number of ketones is 1. The minimum atomic E-state index is -1.15. The van der Waals surface area contributed by atoms with E-state index in [4.69, 9.17) is 16.3 Å². The van der Waals surface area contributed by atoms with Gasteiger partial charge in [0.2, 0.25) is 0 Å². The number of ether oxygens (including phenoxy) is 1. The second kappa shape index (κ2) is 8.30. The first-order valence-electron chi connectivity index (χ1n) is 8.73. The number of benzene rings is 2. The SMILES string of the molecule is O=C(COC(=O)c1cc(-c2ccc(Cl)s2)nc2ccccc12)c1ccc(F)c(F)c1. The molecule has 0 spiro atoms. The number of aromatic nitrogens is 1. The van der Waals surface area contributed by atoms with Gasteiger partial charge in [-0.3, -0.25) is 4.79 Å². The van der Waals surface area contributed by atoms with Crippen LogP contribution < -0.4 is 0 Å². The van der Waals surface area contributed by atoms with E-state index in [1.165, 1.54) is 11.3 Å². The number of para-hydroxylation sites is 1. The molecule has 0 amide bonds. The number of hydrogen-bond acceptors (Lipinski definition) is 5. The van der Waals surface area contributed by atoms with Gasteiger partial charge in [0.05, 0.1) is 26.0 Å². The van der Waals surface area contributed by atoms with Crippen LogP contribution in [0.5, 0.6) is 0 Å². The maximum absolute atomic E-state index is 13.3. The monoisotopic (exact) mass is 443 g/mol. The van der Waals surface area contributed by atoms with Crippen LogP contribution in [0, 0.1) is 11.6 Å². The van der Waals surface area contributed by atoms with Crippen LogP contribution in [-0.4, -0.2) is 23.3 Å². The first-order valence-corrected chi connectivity index (χ1v) is 9.92. The molecule has 4 rings (SSSR count). The molecule has 0 aliphatic rings. The molecule has 2 aromatic heterocycles. The molecule has 4 nitrogen and oxygen atoms in total. The molecule has 0 atom stereocenters. The molecule has 4 aromatic rings. The number of halogens is 3. The summed E-state index contributed by atoms with van der Waals surface area (Å²) in [6.07, 6.45) is 0. The summed E-state index contributed by atoms with van der Waals surface area (Å²) >= 11 is 7.32. The summed E-state index contributed by atoms with van der Waals surface area (Å²) in [6, 6.07) is 14.9. The minimum Gasteiger partial charge on any atom is -0.454 e. The lowest BCUT2D eigenvalue weighted by Gasteiger charge is -2.09. The van der Waals surface area contributed by atoms with Crippen LogP contribution in [0.25, 0.3) is 21.5 Å². The van der Waals surface area contributed by atoms with Crippen molar-refractivity contribution in [1.82, 2.24) is 4.98 Å². The van der Waals surface area contributed by atoms with E-state index >= 15 is 0 Å². The molecule has 0 fully saturated rings. The van der Waals surface area contributed by atoms with Crippen LogP contribution in [-0.2, 0) is 4.74 Å². The largest absolute Gasteiger partial charge is 0.454 e. The highest BCUT2D eigenvalue weighted by molar-refractivity contribution is 7.19. The molecule has 150 valence electrons. The maximum Gasteiger partial charge on any atom is 0.339 e. The lowest BCUT2D eigenvalue weighted by molar-refractivity contribution is 0.0476. The Kier molecular flexibility index (Phi) is 5.57. The fourth-order valence-electron chi connectivity index (χ4n) is 2.88. The number of hydrogen-bond donors (Lipinski definition) is 0. The van der Waals surface area contributed by atoms with Crippen LogP contribution in [0.4, 0.5) is 8.78 Å². The molecule has 30 heavy (non-hydrogen) atoms. The predicted molar refractivity (Wildman–Crippen MR) is 111 cm³/mol. The smallest absolute Gasteiger partial charge is 0.339 e. The second-order valence-electron chi connectivity index (χ2n) is 6.30. The Bertz CT molecular complexity index is 1290. The number of rotatable bonds is 5. The van der Waals surface area contributed by atoms with E-state index in [0.717, 1.165) is 23.1 Å². The first-order chi connectivity index (χ1) is 14.4. The van der Waals surface area contributed by atoms with Crippen molar-refractivity contribution in [3.8, 4) is 10.6 Å². The van der Waals surface area contributed by atoms with Crippen molar-refractivity contribution in [2.24, 2.45) is 0 Å². The van der Waals surface area contributed by atoms with E-state index in [1.807, 2.05) is 0 Å². The molecule has 0 saturated heterocycles. The van der Waals surface area contributed by atoms with E-state index in [9.17, 15) is 18.4 Å². The van der Waals surface area contributed by atoms with Crippen molar-refractivity contribution in [3.05, 3.63) is 87.8 Å². The summed E-state index contributed by atoms with van der Waals surface area (Å²) in [5, 5.41) is 0.564. The molecule has 8 heteroatoms. The van der Waals surface area contributed by atoms with Gasteiger partial charge in [-0.2, -0.15) is 0 Å². The summed E-state index contributed by atoms with van der Waals surface area (Å²) < 4.78 is 32.1. The van der Waals surface area contributed by atoms with Gasteiger partial charge in [0.15, 0.2) is 24.0 Å². The van der Waals surface area contributed by atoms with Crippen LogP contribution in [0.3, 0.4) is 0 Å². The highest BCUT2D eigenvalue weighted by atomic mass is 35.5. The summed E-state index contributed by atoms with van der Waals surface area (Å²) in [5.74, 6) is -3.58. The van der Waals surface area contributed by atoms with Crippen molar-refractivity contribution in [2.75, 3.05) is 6.61 Å². The Hall–Kier alpha value is -3.16. The Balaban J connectivity index is 1.62. The fraction of sp³-hybridized carbons (Fsp3) is 0.0455. The highest BCUT2D eigenvalue weighted by Gasteiger charge is 2.18. The van der Waals surface area contributed by atoms with Crippen molar-refractivity contribution in [1.29, 1.82) is 0 Å². The van der Waals surface area contributed by atoms with Crippen LogP contribution >= 0.6 is 22.9 Å². The molecule has 0 aliphatic heterocycles. The van der Waals surface area contributed by atoms with Crippen LogP contribution in [0.2, 0.25) is 4.34 Å². The van der Waals surface area contributed by atoms with Crippen molar-refractivity contribution in [3.63, 3.8) is 0 Å². The third kappa shape index (κ3) is 4.08. The van der Waals surface area contributed by atoms with Gasteiger partial charge in [0.1, 0.15) is 0 Å². The van der Waals surface area contributed by atoms with E-state index in [-0.39, 0.29) is 11.1 Å². The van der Waals surface area contributed by atoms with E-state index < -0.39 is 30.0 Å². The summed E-state index contributed by atoms with van der Waals surface area (Å²) in [5.41, 5.74) is 1.27. The van der Waals surface area contributed by atoms with Gasteiger partial charge >= 0.3 is 5.97 Å². The maximum atomic E-state index is 13.3. The van der Waals surface area contributed by atoms with Crippen molar-refractivity contribution < 1.29 is 23.1 Å². The van der Waals surface area contributed by atoms with Gasteiger partial charge in [-0.25, -0.2) is 18.6 Å². The molecule has 0 bridgehead atoms. The van der Waals surface area contributed by atoms with E-state index in [1.54, 1.807) is 42.5 Å². The third-order valence-electron chi connectivity index (χ3n) is 4.34. The normalized spacial score (nSPS) is 10.9. The Morgan fingerprint density at radius 3 is 2.53 bits per heavy atom. The van der Waals surface area contributed by atoms with Gasteiger partial charge in [0.25, 0.3) is 0 Å². The summed E-state index contributed by atoms with van der Waals surface area (Å²) in [4.78, 5) is 30.3. The van der Waals surface area contributed by atoms with Gasteiger partial charge in [-0.1, -0.05) is 29.8 Å². The number of Topliss-reactive ketones (excluding diaryl/α,β-unsaturated/α-hetero) is 1. The van der Waals surface area contributed by atoms with Gasteiger partial charge in [0, 0.05) is 10.9 Å². The van der Waals surface area contributed by atoms with Crippen molar-refractivity contribution in [2.45, 2.75) is 0 Å². The number of thiophene rings is 1. The lowest BCUT2D eigenvalue weighted by atomic mass is 10.1. The molecule has 0 unspecified atom stereocenters. The average molecular weight is 444 g/mol. The lowest BCUT2D eigenvalue weighted by Crippen LogP contribution is -2.15. The van der Waals surface area contributed by atoms with Crippen LogP contribution in [0.15, 0.2) is 60.7 Å². The zero-order valence-electron chi connectivity index (χ0n) is 15.2. The van der Waals surface area contributed by atoms with Gasteiger partial charge < -0.3 is 4.74 Å². The van der Waals surface area contributed by atoms with Crippen molar-refractivity contribution >= 4 is 45.6 Å². The number of nitrogens with zero attached hydrogens (tertiary/aromatic N) is 1. The summed E-state index contributed by atoms with van der Waals surface area (Å²) in [6.45, 7) is -0.610. The zero-order chi connectivity index (χ0) is 21.3. The number of pyridine rings is 1. The van der Waals surface area contributed by atoms with Crippen LogP contribution in [0.1, 0.15) is 20.7 Å². The minimum absolute atomic E-state index is 0.0878. The van der Waals surface area contributed by atoms with E-state index in [0.29, 0.717) is 20.9 Å². The molecule has 0 aliphatic carbocycles. The first kappa shape index (κ1) is 20.1. The number of carbonyl (C=O) groups excluding carboxylic acids is 2. The average Bonchev–Trinajstić information content (AvgIpc) is 3.19. The zero-order valence-corrected chi connectivity index (χ0v) is 16.8. The Morgan fingerprint density at radius 2 is 1.80 bits per heavy atom. The Labute approximate surface area is 178 Å². The number of esters is 1. The fourth-order valence-corrected chi connectivity index (χ4v) is 3.89. The molecular weight excluding hydrogens is 432 g/mol. The molecular formula is C22H12ClF2NO3S. The predicted octanol–water partition coefficient (Wildman–Crippen LogP) is 5.93. The standard InChI is InChI=1S/C22H12ClF2NO3S/c23-21-8-7-20(30-21)18-10-14(13-3-1-2-4-17(13)26-18)22(28)29-11-19(27)12-5-6-15(24)16(25)9-12/h1-10H,11H2. The number of fused-ring (bicyclic) bond motifs is 1. The topological polar surface area (TPSA) is 56.3 Å². The summed E-state index contributed by atoms with van der Waals surface area (Å²) in [7, 11) is 0. The van der Waals surface area contributed by atoms with E-state index in [2.05, 4.69) is 4.98 Å². The second-order valence-corrected chi connectivity index (χ2v) is 8.02. The molecule has 0 radical (unpaired) electrons.